The van der Waals surface area contributed by atoms with Gasteiger partial charge in [0.1, 0.15) is 5.76 Å². The molecule has 0 bridgehead atoms. The number of Topliss-reactive ketones (excluding diaryl/α,β-unsaturated/α-hetero) is 1. The van der Waals surface area contributed by atoms with Crippen LogP contribution in [0.1, 0.15) is 22.7 Å². The van der Waals surface area contributed by atoms with Crippen LogP contribution in [0, 0.1) is 6.92 Å². The first-order valence-corrected chi connectivity index (χ1v) is 9.06. The smallest absolute Gasteiger partial charge is 0.300 e. The summed E-state index contributed by atoms with van der Waals surface area (Å²) in [6.45, 7) is 1.96. The molecule has 0 saturated carbocycles. The summed E-state index contributed by atoms with van der Waals surface area (Å²) in [5.41, 5.74) is 3.04. The summed E-state index contributed by atoms with van der Waals surface area (Å²) in [6, 6.07) is 24.9. The van der Waals surface area contributed by atoms with E-state index in [0.29, 0.717) is 11.3 Å². The highest BCUT2D eigenvalue weighted by Crippen LogP contribution is 2.41. The highest BCUT2D eigenvalue weighted by Gasteiger charge is 2.46. The van der Waals surface area contributed by atoms with Crippen LogP contribution in [-0.2, 0) is 9.59 Å². The monoisotopic (exact) mass is 369 g/mol. The van der Waals surface area contributed by atoms with Crippen LogP contribution in [-0.4, -0.2) is 16.8 Å². The Morgan fingerprint density at radius 1 is 0.821 bits per heavy atom. The Kier molecular flexibility index (Phi) is 4.53. The second-order valence-corrected chi connectivity index (χ2v) is 6.78. The van der Waals surface area contributed by atoms with Gasteiger partial charge in [0.05, 0.1) is 11.6 Å². The first-order valence-electron chi connectivity index (χ1n) is 9.06. The van der Waals surface area contributed by atoms with E-state index in [4.69, 9.17) is 0 Å². The van der Waals surface area contributed by atoms with Crippen LogP contribution in [0.2, 0.25) is 0 Å². The van der Waals surface area contributed by atoms with E-state index in [1.54, 1.807) is 24.3 Å². The summed E-state index contributed by atoms with van der Waals surface area (Å²) in [7, 11) is 0. The Morgan fingerprint density at radius 3 is 2.00 bits per heavy atom. The predicted octanol–water partition coefficient (Wildman–Crippen LogP) is 4.62. The van der Waals surface area contributed by atoms with E-state index in [2.05, 4.69) is 0 Å². The highest BCUT2D eigenvalue weighted by molar-refractivity contribution is 6.51. The Bertz CT molecular complexity index is 1050. The van der Waals surface area contributed by atoms with E-state index in [1.165, 1.54) is 4.90 Å². The molecular weight excluding hydrogens is 350 g/mol. The topological polar surface area (TPSA) is 57.6 Å². The zero-order valence-electron chi connectivity index (χ0n) is 15.4. The number of carbonyl (C=O) groups is 2. The minimum absolute atomic E-state index is 0.1000. The van der Waals surface area contributed by atoms with Crippen molar-refractivity contribution in [1.82, 2.24) is 0 Å². The first-order chi connectivity index (χ1) is 13.6. The van der Waals surface area contributed by atoms with Crippen molar-refractivity contribution in [2.75, 3.05) is 4.90 Å². The van der Waals surface area contributed by atoms with Gasteiger partial charge >= 0.3 is 0 Å². The molecule has 0 aromatic heterocycles. The molecule has 1 atom stereocenters. The lowest BCUT2D eigenvalue weighted by molar-refractivity contribution is -0.132. The Balaban J connectivity index is 1.94. The van der Waals surface area contributed by atoms with Crippen molar-refractivity contribution in [2.24, 2.45) is 0 Å². The fraction of sp³-hybridized carbons (Fsp3) is 0.0833. The maximum absolute atomic E-state index is 13.0. The second kappa shape index (κ2) is 7.16. The van der Waals surface area contributed by atoms with E-state index in [9.17, 15) is 14.7 Å². The molecule has 1 amide bonds. The SMILES string of the molecule is Cc1ccc(N2C(=O)C(=O)/C(=C(/O)c3ccccc3)[C@@H]2c2ccccc2)cc1. The number of aliphatic hydroxyl groups excluding tert-OH is 1. The molecule has 0 radical (unpaired) electrons. The van der Waals surface area contributed by atoms with E-state index < -0.39 is 17.7 Å². The first kappa shape index (κ1) is 17.7. The molecule has 0 aliphatic carbocycles. The molecular formula is C24H19NO3. The zero-order valence-corrected chi connectivity index (χ0v) is 15.4. The number of benzene rings is 3. The lowest BCUT2D eigenvalue weighted by Gasteiger charge is -2.25. The number of carbonyl (C=O) groups excluding carboxylic acids is 2. The molecule has 4 nitrogen and oxygen atoms in total. The van der Waals surface area contributed by atoms with E-state index >= 15 is 0 Å². The molecule has 1 aliphatic heterocycles. The number of aryl methyl sites for hydroxylation is 1. The van der Waals surface area contributed by atoms with E-state index in [0.717, 1.165) is 11.1 Å². The number of amides is 1. The van der Waals surface area contributed by atoms with Gasteiger partial charge in [0.25, 0.3) is 11.7 Å². The normalized spacial score (nSPS) is 18.5. The number of rotatable bonds is 3. The van der Waals surface area contributed by atoms with Crippen LogP contribution < -0.4 is 4.90 Å². The van der Waals surface area contributed by atoms with Crippen LogP contribution in [0.25, 0.3) is 5.76 Å². The number of aliphatic hydroxyl groups is 1. The summed E-state index contributed by atoms with van der Waals surface area (Å²) in [6.07, 6.45) is 0. The van der Waals surface area contributed by atoms with Gasteiger partial charge in [0, 0.05) is 11.3 Å². The van der Waals surface area contributed by atoms with Crippen molar-refractivity contribution in [3.8, 4) is 0 Å². The van der Waals surface area contributed by atoms with Gasteiger partial charge in [-0.2, -0.15) is 0 Å². The van der Waals surface area contributed by atoms with Gasteiger partial charge in [-0.15, -0.1) is 0 Å². The zero-order chi connectivity index (χ0) is 19.7. The molecule has 3 aromatic carbocycles. The van der Waals surface area contributed by atoms with Crippen molar-refractivity contribution < 1.29 is 14.7 Å². The fourth-order valence-electron chi connectivity index (χ4n) is 3.51. The lowest BCUT2D eigenvalue weighted by atomic mass is 9.95. The van der Waals surface area contributed by atoms with Crippen molar-refractivity contribution >= 4 is 23.1 Å². The molecule has 0 spiro atoms. The standard InChI is InChI=1S/C24H19NO3/c1-16-12-14-19(15-13-16)25-21(17-8-4-2-5-9-17)20(23(27)24(25)28)22(26)18-10-6-3-7-11-18/h2-15,21,26H,1H3/b22-20+/t21-/m0/s1. The third-order valence-electron chi connectivity index (χ3n) is 4.92. The Morgan fingerprint density at radius 2 is 1.39 bits per heavy atom. The molecule has 138 valence electrons. The van der Waals surface area contributed by atoms with E-state index in [1.807, 2.05) is 67.6 Å². The summed E-state index contributed by atoms with van der Waals surface area (Å²) in [4.78, 5) is 27.4. The molecule has 4 heteroatoms. The minimum atomic E-state index is -0.691. The fourth-order valence-corrected chi connectivity index (χ4v) is 3.51. The van der Waals surface area contributed by atoms with Crippen molar-refractivity contribution in [3.05, 3.63) is 107 Å². The van der Waals surface area contributed by atoms with Gasteiger partial charge in [0.15, 0.2) is 0 Å². The molecule has 3 aromatic rings. The van der Waals surface area contributed by atoms with Crippen molar-refractivity contribution in [3.63, 3.8) is 0 Å². The summed E-state index contributed by atoms with van der Waals surface area (Å²) in [5.74, 6) is -1.49. The van der Waals surface area contributed by atoms with Gasteiger partial charge in [-0.1, -0.05) is 78.4 Å². The number of ketones is 1. The van der Waals surface area contributed by atoms with Gasteiger partial charge in [-0.25, -0.2) is 0 Å². The molecule has 1 aliphatic rings. The maximum atomic E-state index is 13.0. The molecule has 4 rings (SSSR count). The highest BCUT2D eigenvalue weighted by atomic mass is 16.3. The van der Waals surface area contributed by atoms with Gasteiger partial charge in [0.2, 0.25) is 0 Å². The van der Waals surface area contributed by atoms with Gasteiger partial charge < -0.3 is 5.11 Å². The van der Waals surface area contributed by atoms with Gasteiger partial charge in [-0.3, -0.25) is 14.5 Å². The quantitative estimate of drug-likeness (QED) is 0.416. The number of hydrogen-bond acceptors (Lipinski definition) is 3. The Labute approximate surface area is 163 Å². The van der Waals surface area contributed by atoms with Crippen LogP contribution in [0.15, 0.2) is 90.5 Å². The number of hydrogen-bond donors (Lipinski definition) is 1. The average molecular weight is 369 g/mol. The van der Waals surface area contributed by atoms with Crippen LogP contribution in [0.3, 0.4) is 0 Å². The van der Waals surface area contributed by atoms with Crippen molar-refractivity contribution in [2.45, 2.75) is 13.0 Å². The number of nitrogens with zero attached hydrogens (tertiary/aromatic N) is 1. The molecule has 1 heterocycles. The average Bonchev–Trinajstić information content (AvgIpc) is 3.00. The third-order valence-corrected chi connectivity index (χ3v) is 4.92. The lowest BCUT2D eigenvalue weighted by Crippen LogP contribution is -2.29. The maximum Gasteiger partial charge on any atom is 0.300 e. The van der Waals surface area contributed by atoms with Crippen LogP contribution in [0.5, 0.6) is 0 Å². The minimum Gasteiger partial charge on any atom is -0.507 e. The summed E-state index contributed by atoms with van der Waals surface area (Å²) in [5, 5.41) is 10.9. The van der Waals surface area contributed by atoms with Crippen LogP contribution >= 0.6 is 0 Å². The molecule has 1 fully saturated rings. The van der Waals surface area contributed by atoms with Gasteiger partial charge in [-0.05, 0) is 24.6 Å². The summed E-state index contributed by atoms with van der Waals surface area (Å²) < 4.78 is 0. The molecule has 1 N–H and O–H groups in total. The van der Waals surface area contributed by atoms with Crippen LogP contribution in [0.4, 0.5) is 5.69 Å². The Hall–Kier alpha value is -3.66. The summed E-state index contributed by atoms with van der Waals surface area (Å²) >= 11 is 0. The predicted molar refractivity (Wildman–Crippen MR) is 109 cm³/mol. The number of anilines is 1. The van der Waals surface area contributed by atoms with E-state index in [-0.39, 0.29) is 11.3 Å². The largest absolute Gasteiger partial charge is 0.507 e. The third kappa shape index (κ3) is 2.99. The van der Waals surface area contributed by atoms with Crippen molar-refractivity contribution in [1.29, 1.82) is 0 Å². The molecule has 28 heavy (non-hydrogen) atoms. The second-order valence-electron chi connectivity index (χ2n) is 6.78. The molecule has 0 unspecified atom stereocenters. The molecule has 1 saturated heterocycles.